The van der Waals surface area contributed by atoms with E-state index in [1.807, 2.05) is 63.2 Å². The first-order chi connectivity index (χ1) is 15.3. The lowest BCUT2D eigenvalue weighted by molar-refractivity contribution is -0.133. The topological polar surface area (TPSA) is 53.8 Å². The van der Waals surface area contributed by atoms with Gasteiger partial charge in [-0.05, 0) is 54.8 Å². The van der Waals surface area contributed by atoms with Gasteiger partial charge in [-0.2, -0.15) is 0 Å². The molecular weight excluding hydrogens is 424 g/mol. The van der Waals surface area contributed by atoms with E-state index in [9.17, 15) is 9.59 Å². The van der Waals surface area contributed by atoms with Crippen molar-refractivity contribution >= 4 is 23.4 Å². The number of rotatable bonds is 9. The maximum absolute atomic E-state index is 13.4. The lowest BCUT2D eigenvalue weighted by Crippen LogP contribution is -2.43. The molecule has 1 heterocycles. The first-order valence-corrected chi connectivity index (χ1v) is 11.1. The minimum Gasteiger partial charge on any atom is -0.464 e. The minimum atomic E-state index is -0.183. The van der Waals surface area contributed by atoms with Gasteiger partial charge in [-0.3, -0.25) is 9.59 Å². The van der Waals surface area contributed by atoms with Crippen LogP contribution in [0.4, 0.5) is 0 Å². The number of aryl methyl sites for hydroxylation is 1. The number of carbonyl (C=O) groups excluding carboxylic acids is 2. The number of benzene rings is 2. The summed E-state index contributed by atoms with van der Waals surface area (Å²) in [6, 6.07) is 20.3. The third kappa shape index (κ3) is 6.72. The second-order valence-corrected chi connectivity index (χ2v) is 8.77. The number of carbonyl (C=O) groups is 2. The summed E-state index contributed by atoms with van der Waals surface area (Å²) in [5.41, 5.74) is 1.53. The summed E-state index contributed by atoms with van der Waals surface area (Å²) in [6.07, 6.45) is 0. The van der Waals surface area contributed by atoms with Gasteiger partial charge in [0.1, 0.15) is 18.1 Å². The molecule has 0 unspecified atom stereocenters. The van der Waals surface area contributed by atoms with E-state index in [4.69, 9.17) is 16.0 Å². The van der Waals surface area contributed by atoms with Crippen LogP contribution in [0.25, 0.3) is 0 Å². The van der Waals surface area contributed by atoms with Gasteiger partial charge in [0.25, 0.3) is 5.91 Å². The highest BCUT2D eigenvalue weighted by Gasteiger charge is 2.24. The first-order valence-electron chi connectivity index (χ1n) is 10.7. The molecule has 0 spiro atoms. The van der Waals surface area contributed by atoms with E-state index in [2.05, 4.69) is 0 Å². The molecule has 0 aliphatic heterocycles. The molecule has 2 amide bonds. The summed E-state index contributed by atoms with van der Waals surface area (Å²) in [7, 11) is 0. The zero-order valence-corrected chi connectivity index (χ0v) is 19.5. The third-order valence-electron chi connectivity index (χ3n) is 5.00. The number of amides is 2. The standard InChI is InChI=1S/C26H29ClN2O3/c1-19(2)15-29(26(31)22-10-12-23(27)13-11-22)18-25(30)28(16-21-7-5-4-6-8-21)17-24-14-9-20(3)32-24/h4-14,19H,15-18H2,1-3H3. The Hall–Kier alpha value is -3.05. The second kappa shape index (κ2) is 11.0. The zero-order chi connectivity index (χ0) is 23.1. The molecule has 0 saturated carbocycles. The molecule has 6 heteroatoms. The molecule has 168 valence electrons. The zero-order valence-electron chi connectivity index (χ0n) is 18.8. The number of halogens is 1. The lowest BCUT2D eigenvalue weighted by Gasteiger charge is -2.28. The maximum atomic E-state index is 13.4. The van der Waals surface area contributed by atoms with Crippen LogP contribution >= 0.6 is 11.6 Å². The van der Waals surface area contributed by atoms with E-state index in [1.54, 1.807) is 34.1 Å². The molecule has 32 heavy (non-hydrogen) atoms. The van der Waals surface area contributed by atoms with Crippen molar-refractivity contribution < 1.29 is 14.0 Å². The van der Waals surface area contributed by atoms with Crippen LogP contribution in [0.15, 0.2) is 71.1 Å². The van der Waals surface area contributed by atoms with Gasteiger partial charge in [-0.15, -0.1) is 0 Å². The fraction of sp³-hybridized carbons (Fsp3) is 0.308. The van der Waals surface area contributed by atoms with Crippen LogP contribution in [0.2, 0.25) is 5.02 Å². The maximum Gasteiger partial charge on any atom is 0.254 e. The predicted molar refractivity (Wildman–Crippen MR) is 126 cm³/mol. The van der Waals surface area contributed by atoms with Crippen LogP contribution in [0, 0.1) is 12.8 Å². The molecule has 0 aliphatic carbocycles. The van der Waals surface area contributed by atoms with Gasteiger partial charge in [-0.25, -0.2) is 0 Å². The van der Waals surface area contributed by atoms with Crippen molar-refractivity contribution in [3.8, 4) is 0 Å². The van der Waals surface area contributed by atoms with Crippen LogP contribution in [0.5, 0.6) is 0 Å². The molecule has 3 rings (SSSR count). The summed E-state index contributed by atoms with van der Waals surface area (Å²) in [4.78, 5) is 29.9. The van der Waals surface area contributed by atoms with Gasteiger partial charge in [0.05, 0.1) is 6.54 Å². The Morgan fingerprint density at radius 1 is 0.906 bits per heavy atom. The smallest absolute Gasteiger partial charge is 0.254 e. The monoisotopic (exact) mass is 452 g/mol. The van der Waals surface area contributed by atoms with Gasteiger partial charge in [0, 0.05) is 23.7 Å². The molecule has 0 N–H and O–H groups in total. The van der Waals surface area contributed by atoms with Crippen LogP contribution < -0.4 is 0 Å². The van der Waals surface area contributed by atoms with Crippen molar-refractivity contribution in [1.29, 1.82) is 0 Å². The van der Waals surface area contributed by atoms with Crippen LogP contribution in [0.3, 0.4) is 0 Å². The molecular formula is C26H29ClN2O3. The molecule has 0 aliphatic rings. The summed E-state index contributed by atoms with van der Waals surface area (Å²) < 4.78 is 5.71. The number of nitrogens with zero attached hydrogens (tertiary/aromatic N) is 2. The summed E-state index contributed by atoms with van der Waals surface area (Å²) in [6.45, 7) is 7.18. The van der Waals surface area contributed by atoms with E-state index in [-0.39, 0.29) is 24.3 Å². The summed E-state index contributed by atoms with van der Waals surface area (Å²) in [5, 5.41) is 0.566. The van der Waals surface area contributed by atoms with Crippen molar-refractivity contribution in [3.63, 3.8) is 0 Å². The second-order valence-electron chi connectivity index (χ2n) is 8.33. The van der Waals surface area contributed by atoms with E-state index in [0.29, 0.717) is 36.0 Å². The molecule has 0 bridgehead atoms. The first kappa shape index (κ1) is 23.6. The quantitative estimate of drug-likeness (QED) is 0.426. The van der Waals surface area contributed by atoms with Crippen molar-refractivity contribution in [2.45, 2.75) is 33.9 Å². The highest BCUT2D eigenvalue weighted by atomic mass is 35.5. The average molecular weight is 453 g/mol. The number of hydrogen-bond donors (Lipinski definition) is 0. The molecule has 0 atom stereocenters. The molecule has 0 radical (unpaired) electrons. The van der Waals surface area contributed by atoms with E-state index < -0.39 is 0 Å². The lowest BCUT2D eigenvalue weighted by atomic mass is 10.1. The fourth-order valence-corrected chi connectivity index (χ4v) is 3.62. The van der Waals surface area contributed by atoms with Crippen molar-refractivity contribution in [1.82, 2.24) is 9.80 Å². The summed E-state index contributed by atoms with van der Waals surface area (Å²) >= 11 is 5.97. The number of hydrogen-bond acceptors (Lipinski definition) is 3. The molecule has 3 aromatic rings. The Balaban J connectivity index is 1.81. The van der Waals surface area contributed by atoms with Crippen molar-refractivity contribution in [3.05, 3.63) is 94.4 Å². The molecule has 1 aromatic heterocycles. The van der Waals surface area contributed by atoms with Gasteiger partial charge < -0.3 is 14.2 Å². The van der Waals surface area contributed by atoms with E-state index in [1.165, 1.54) is 0 Å². The highest BCUT2D eigenvalue weighted by Crippen LogP contribution is 2.16. The number of furan rings is 1. The van der Waals surface area contributed by atoms with Crippen LogP contribution in [-0.4, -0.2) is 34.7 Å². The Morgan fingerprint density at radius 2 is 1.59 bits per heavy atom. The summed E-state index contributed by atoms with van der Waals surface area (Å²) in [5.74, 6) is 1.41. The fourth-order valence-electron chi connectivity index (χ4n) is 3.49. The predicted octanol–water partition coefficient (Wildman–Crippen LogP) is 5.57. The van der Waals surface area contributed by atoms with Gasteiger partial charge in [-0.1, -0.05) is 55.8 Å². The van der Waals surface area contributed by atoms with Crippen LogP contribution in [-0.2, 0) is 17.9 Å². The Bertz CT molecular complexity index is 1030. The Kier molecular flexibility index (Phi) is 8.12. The normalized spacial score (nSPS) is 10.9. The van der Waals surface area contributed by atoms with Gasteiger partial charge in [0.2, 0.25) is 5.91 Å². The minimum absolute atomic E-state index is 0.00777. The molecule has 2 aromatic carbocycles. The highest BCUT2D eigenvalue weighted by molar-refractivity contribution is 6.30. The van der Waals surface area contributed by atoms with Gasteiger partial charge >= 0.3 is 0 Å². The molecule has 5 nitrogen and oxygen atoms in total. The van der Waals surface area contributed by atoms with Crippen molar-refractivity contribution in [2.75, 3.05) is 13.1 Å². The van der Waals surface area contributed by atoms with E-state index in [0.717, 1.165) is 11.3 Å². The Morgan fingerprint density at radius 3 is 2.19 bits per heavy atom. The molecule has 0 saturated heterocycles. The largest absolute Gasteiger partial charge is 0.464 e. The average Bonchev–Trinajstić information content (AvgIpc) is 3.18. The van der Waals surface area contributed by atoms with Gasteiger partial charge in [0.15, 0.2) is 0 Å². The van der Waals surface area contributed by atoms with Crippen molar-refractivity contribution in [2.24, 2.45) is 5.92 Å². The SMILES string of the molecule is Cc1ccc(CN(Cc2ccccc2)C(=O)CN(CC(C)C)C(=O)c2ccc(Cl)cc2)o1. The van der Waals surface area contributed by atoms with Crippen LogP contribution in [0.1, 0.15) is 41.3 Å². The third-order valence-corrected chi connectivity index (χ3v) is 5.25. The Labute approximate surface area is 194 Å². The molecule has 0 fully saturated rings. The van der Waals surface area contributed by atoms with E-state index >= 15 is 0 Å².